The summed E-state index contributed by atoms with van der Waals surface area (Å²) in [5, 5.41) is 2.32. The molecule has 2 aromatic carbocycles. The molecule has 2 aliphatic rings. The second kappa shape index (κ2) is 8.06. The molecule has 0 radical (unpaired) electrons. The Balaban J connectivity index is 1.47. The van der Waals surface area contributed by atoms with E-state index < -0.39 is 10.0 Å². The molecular formula is C23H21ClN2O3S2. The minimum absolute atomic E-state index is 0.1000. The van der Waals surface area contributed by atoms with Gasteiger partial charge in [-0.15, -0.1) is 11.3 Å². The first-order valence-electron chi connectivity index (χ1n) is 10.2. The van der Waals surface area contributed by atoms with Gasteiger partial charge in [-0.3, -0.25) is 4.79 Å². The van der Waals surface area contributed by atoms with Crippen LogP contribution in [0, 0.1) is 0 Å². The number of carbonyl (C=O) groups is 1. The van der Waals surface area contributed by atoms with Gasteiger partial charge in [0.1, 0.15) is 9.77 Å². The van der Waals surface area contributed by atoms with Crippen molar-refractivity contribution in [2.45, 2.75) is 30.7 Å². The smallest absolute Gasteiger partial charge is 0.269 e. The number of halogens is 1. The quantitative estimate of drug-likeness (QED) is 0.553. The van der Waals surface area contributed by atoms with Gasteiger partial charge in [0, 0.05) is 30.3 Å². The molecule has 0 spiro atoms. The summed E-state index contributed by atoms with van der Waals surface area (Å²) < 4.78 is 28.5. The predicted molar refractivity (Wildman–Crippen MR) is 124 cm³/mol. The van der Waals surface area contributed by atoms with Gasteiger partial charge in [0.15, 0.2) is 0 Å². The fourth-order valence-electron chi connectivity index (χ4n) is 4.37. The lowest BCUT2D eigenvalue weighted by Crippen LogP contribution is -2.38. The maximum Gasteiger partial charge on any atom is 0.269 e. The first-order chi connectivity index (χ1) is 14.9. The largest absolute Gasteiger partial charge is 0.307 e. The molecule has 0 saturated heterocycles. The third-order valence-electron chi connectivity index (χ3n) is 5.94. The van der Waals surface area contributed by atoms with Crippen LogP contribution in [0.2, 0.25) is 5.02 Å². The Morgan fingerprint density at radius 3 is 2.61 bits per heavy atom. The Bertz CT molecular complexity index is 1270. The van der Waals surface area contributed by atoms with Crippen LogP contribution in [0.5, 0.6) is 0 Å². The van der Waals surface area contributed by atoms with Crippen molar-refractivity contribution in [3.8, 4) is 0 Å². The van der Waals surface area contributed by atoms with Gasteiger partial charge in [0.05, 0.1) is 0 Å². The van der Waals surface area contributed by atoms with Crippen LogP contribution in [0.4, 0.5) is 5.69 Å². The normalized spacial score (nSPS) is 16.6. The highest BCUT2D eigenvalue weighted by Crippen LogP contribution is 2.34. The number of sulfonamides is 1. The van der Waals surface area contributed by atoms with E-state index in [9.17, 15) is 13.2 Å². The van der Waals surface area contributed by atoms with Crippen LogP contribution in [0.15, 0.2) is 58.8 Å². The lowest BCUT2D eigenvalue weighted by Gasteiger charge is -2.30. The topological polar surface area (TPSA) is 57.7 Å². The van der Waals surface area contributed by atoms with Crippen LogP contribution in [0.3, 0.4) is 0 Å². The van der Waals surface area contributed by atoms with E-state index in [0.29, 0.717) is 31.1 Å². The van der Waals surface area contributed by atoms with E-state index in [-0.39, 0.29) is 15.7 Å². The molecule has 8 heteroatoms. The second-order valence-electron chi connectivity index (χ2n) is 7.80. The summed E-state index contributed by atoms with van der Waals surface area (Å²) in [6, 6.07) is 15.0. The van der Waals surface area contributed by atoms with Crippen molar-refractivity contribution >= 4 is 44.6 Å². The zero-order valence-corrected chi connectivity index (χ0v) is 19.1. The summed E-state index contributed by atoms with van der Waals surface area (Å²) in [5.41, 5.74) is 4.02. The second-order valence-corrected chi connectivity index (χ2v) is 11.1. The minimum Gasteiger partial charge on any atom is -0.307 e. The van der Waals surface area contributed by atoms with E-state index >= 15 is 0 Å². The van der Waals surface area contributed by atoms with Gasteiger partial charge in [0.2, 0.25) is 10.0 Å². The summed E-state index contributed by atoms with van der Waals surface area (Å²) in [4.78, 5) is 15.5. The summed E-state index contributed by atoms with van der Waals surface area (Å²) in [6.45, 7) is 1.29. The Labute approximate surface area is 190 Å². The SMILES string of the molecule is O=C(c1sccc1S(=O)(=O)N1CCc2ccccc2C1)N1CCCc2cc(Cl)ccc21. The van der Waals surface area contributed by atoms with Crippen molar-refractivity contribution < 1.29 is 13.2 Å². The molecule has 1 amide bonds. The third kappa shape index (κ3) is 3.69. The van der Waals surface area contributed by atoms with Gasteiger partial charge in [0.25, 0.3) is 5.91 Å². The van der Waals surface area contributed by atoms with Crippen LogP contribution in [-0.4, -0.2) is 31.7 Å². The first-order valence-corrected chi connectivity index (χ1v) is 12.9. The minimum atomic E-state index is -3.78. The molecule has 3 heterocycles. The van der Waals surface area contributed by atoms with E-state index in [1.165, 1.54) is 21.2 Å². The monoisotopic (exact) mass is 472 g/mol. The third-order valence-corrected chi connectivity index (χ3v) is 9.10. The molecule has 5 nitrogen and oxygen atoms in total. The molecular weight excluding hydrogens is 452 g/mol. The van der Waals surface area contributed by atoms with Crippen molar-refractivity contribution in [2.24, 2.45) is 0 Å². The van der Waals surface area contributed by atoms with Crippen molar-refractivity contribution in [3.63, 3.8) is 0 Å². The standard InChI is InChI=1S/C23H21ClN2O3S2/c24-19-7-8-20-17(14-19)6-3-11-26(20)23(27)22-21(10-13-30-22)31(28,29)25-12-9-16-4-1-2-5-18(16)15-25/h1-2,4-5,7-8,10,13-14H,3,6,9,11-12,15H2. The van der Waals surface area contributed by atoms with Gasteiger partial charge < -0.3 is 4.90 Å². The molecule has 0 saturated carbocycles. The summed E-state index contributed by atoms with van der Waals surface area (Å²) >= 11 is 7.31. The Morgan fingerprint density at radius 2 is 1.77 bits per heavy atom. The number of aryl methyl sites for hydroxylation is 1. The van der Waals surface area contributed by atoms with Crippen LogP contribution in [0.25, 0.3) is 0 Å². The number of nitrogens with zero attached hydrogens (tertiary/aromatic N) is 2. The van der Waals surface area contributed by atoms with Crippen LogP contribution >= 0.6 is 22.9 Å². The number of rotatable bonds is 3. The Hall–Kier alpha value is -2.19. The Morgan fingerprint density at radius 1 is 0.968 bits per heavy atom. The van der Waals surface area contributed by atoms with E-state index in [1.54, 1.807) is 22.4 Å². The van der Waals surface area contributed by atoms with Crippen molar-refractivity contribution in [1.29, 1.82) is 0 Å². The zero-order chi connectivity index (χ0) is 21.6. The maximum atomic E-state index is 13.5. The summed E-state index contributed by atoms with van der Waals surface area (Å²) in [5.74, 6) is -0.269. The van der Waals surface area contributed by atoms with Crippen molar-refractivity contribution in [2.75, 3.05) is 18.0 Å². The van der Waals surface area contributed by atoms with Crippen LogP contribution < -0.4 is 4.90 Å². The van der Waals surface area contributed by atoms with Gasteiger partial charge in [-0.1, -0.05) is 35.9 Å². The zero-order valence-electron chi connectivity index (χ0n) is 16.8. The van der Waals surface area contributed by atoms with E-state index in [4.69, 9.17) is 11.6 Å². The number of amides is 1. The lowest BCUT2D eigenvalue weighted by molar-refractivity contribution is 0.0986. The van der Waals surface area contributed by atoms with Crippen LogP contribution in [0.1, 0.15) is 32.8 Å². The molecule has 0 fully saturated rings. The molecule has 0 bridgehead atoms. The van der Waals surface area contributed by atoms with Gasteiger partial charge in [-0.05, 0) is 65.6 Å². The number of fused-ring (bicyclic) bond motifs is 2. The highest BCUT2D eigenvalue weighted by atomic mass is 35.5. The molecule has 1 aromatic heterocycles. The van der Waals surface area contributed by atoms with Gasteiger partial charge in [-0.2, -0.15) is 4.31 Å². The molecule has 160 valence electrons. The molecule has 3 aromatic rings. The van der Waals surface area contributed by atoms with Crippen molar-refractivity contribution in [3.05, 3.63) is 80.5 Å². The lowest BCUT2D eigenvalue weighted by atomic mass is 10.0. The highest BCUT2D eigenvalue weighted by molar-refractivity contribution is 7.89. The van der Waals surface area contributed by atoms with E-state index in [2.05, 4.69) is 0 Å². The average molecular weight is 473 g/mol. The average Bonchev–Trinajstić information content (AvgIpc) is 3.28. The molecule has 5 rings (SSSR count). The molecule has 2 aliphatic heterocycles. The highest BCUT2D eigenvalue weighted by Gasteiger charge is 2.34. The first kappa shape index (κ1) is 20.7. The van der Waals surface area contributed by atoms with Crippen LogP contribution in [-0.2, 0) is 29.4 Å². The number of carbonyl (C=O) groups excluding carboxylic acids is 1. The summed E-state index contributed by atoms with van der Waals surface area (Å²) in [7, 11) is -3.78. The number of benzene rings is 2. The Kier molecular flexibility index (Phi) is 5.38. The predicted octanol–water partition coefficient (Wildman–Crippen LogP) is 4.74. The molecule has 0 atom stereocenters. The van der Waals surface area contributed by atoms with E-state index in [0.717, 1.165) is 29.7 Å². The number of anilines is 1. The fraction of sp³-hybridized carbons (Fsp3) is 0.261. The molecule has 0 N–H and O–H groups in total. The van der Waals surface area contributed by atoms with Gasteiger partial charge in [-0.25, -0.2) is 8.42 Å². The van der Waals surface area contributed by atoms with Gasteiger partial charge >= 0.3 is 0 Å². The summed E-state index contributed by atoms with van der Waals surface area (Å²) in [6.07, 6.45) is 2.33. The number of thiophene rings is 1. The fourth-order valence-corrected chi connectivity index (χ4v) is 7.33. The molecule has 0 aliphatic carbocycles. The molecule has 31 heavy (non-hydrogen) atoms. The maximum absolute atomic E-state index is 13.5. The van der Waals surface area contributed by atoms with E-state index in [1.807, 2.05) is 36.4 Å². The number of hydrogen-bond acceptors (Lipinski definition) is 4. The van der Waals surface area contributed by atoms with Crippen molar-refractivity contribution in [1.82, 2.24) is 4.31 Å². The molecule has 0 unspecified atom stereocenters. The number of hydrogen-bond donors (Lipinski definition) is 0.